The van der Waals surface area contributed by atoms with Crippen molar-refractivity contribution >= 4 is 11.7 Å². The van der Waals surface area contributed by atoms with Crippen LogP contribution < -0.4 is 9.64 Å². The van der Waals surface area contributed by atoms with E-state index in [9.17, 15) is 4.79 Å². The average Bonchev–Trinajstić information content (AvgIpc) is 3.05. The first kappa shape index (κ1) is 10.4. The highest BCUT2D eigenvalue weighted by Gasteiger charge is 2.52. The molecule has 1 N–H and O–H groups in total. The van der Waals surface area contributed by atoms with Gasteiger partial charge in [0, 0.05) is 24.2 Å². The van der Waals surface area contributed by atoms with Crippen molar-refractivity contribution in [3.05, 3.63) is 24.3 Å². The highest BCUT2D eigenvalue weighted by atomic mass is 16.5. The molecule has 1 saturated carbocycles. The van der Waals surface area contributed by atoms with Gasteiger partial charge in [-0.25, -0.2) is 4.79 Å². The first-order valence-electron chi connectivity index (χ1n) is 5.87. The first-order chi connectivity index (χ1) is 8.17. The van der Waals surface area contributed by atoms with Crippen LogP contribution in [0.3, 0.4) is 0 Å². The fraction of sp³-hybridized carbons (Fsp3) is 0.462. The minimum atomic E-state index is -0.951. The number of ether oxygens (including phenoxy) is 1. The molecule has 0 unspecified atom stereocenters. The quantitative estimate of drug-likeness (QED) is 0.860. The van der Waals surface area contributed by atoms with Crippen molar-refractivity contribution in [1.29, 1.82) is 0 Å². The third-order valence-electron chi connectivity index (χ3n) is 3.57. The van der Waals surface area contributed by atoms with E-state index in [1.807, 2.05) is 24.3 Å². The lowest BCUT2D eigenvalue weighted by molar-refractivity contribution is -0.139. The number of rotatable bonds is 4. The summed E-state index contributed by atoms with van der Waals surface area (Å²) in [6.07, 6.45) is 2.76. The van der Waals surface area contributed by atoms with Gasteiger partial charge < -0.3 is 14.7 Å². The summed E-state index contributed by atoms with van der Waals surface area (Å²) < 4.78 is 5.09. The van der Waals surface area contributed by atoms with Crippen LogP contribution in [0.25, 0.3) is 0 Å². The molecule has 1 heterocycles. The number of carbonyl (C=O) groups is 1. The van der Waals surface area contributed by atoms with Gasteiger partial charge in [0.2, 0.25) is 0 Å². The van der Waals surface area contributed by atoms with E-state index in [0.717, 1.165) is 0 Å². The van der Waals surface area contributed by atoms with Crippen molar-refractivity contribution in [2.24, 2.45) is 5.41 Å². The van der Waals surface area contributed by atoms with E-state index in [4.69, 9.17) is 9.84 Å². The molecule has 90 valence electrons. The lowest BCUT2D eigenvalue weighted by Crippen LogP contribution is -2.48. The molecule has 4 heteroatoms. The fourth-order valence-electron chi connectivity index (χ4n) is 2.34. The lowest BCUT2D eigenvalue weighted by atomic mass is 9.96. The predicted molar refractivity (Wildman–Crippen MR) is 63.5 cm³/mol. The Labute approximate surface area is 99.8 Å². The van der Waals surface area contributed by atoms with Gasteiger partial charge in [0.1, 0.15) is 5.75 Å². The van der Waals surface area contributed by atoms with Crippen LogP contribution in [0.1, 0.15) is 12.8 Å². The first-order valence-corrected chi connectivity index (χ1v) is 5.87. The zero-order chi connectivity index (χ0) is 11.9. The smallest absolute Gasteiger partial charge is 0.341 e. The van der Waals surface area contributed by atoms with Crippen LogP contribution in [0.4, 0.5) is 5.69 Å². The number of nitrogens with zero attached hydrogens (tertiary/aromatic N) is 1. The van der Waals surface area contributed by atoms with Gasteiger partial charge in [0.25, 0.3) is 0 Å². The van der Waals surface area contributed by atoms with Gasteiger partial charge in [-0.3, -0.25) is 0 Å². The highest BCUT2D eigenvalue weighted by molar-refractivity contribution is 5.68. The molecule has 4 nitrogen and oxygen atoms in total. The summed E-state index contributed by atoms with van der Waals surface area (Å²) in [5.74, 6) is -0.342. The molecule has 3 rings (SSSR count). The molecule has 1 aromatic carbocycles. The number of aliphatic carboxylic acids is 1. The Balaban J connectivity index is 1.58. The number of carboxylic acids is 1. The summed E-state index contributed by atoms with van der Waals surface area (Å²) in [5, 5.41) is 8.50. The molecule has 17 heavy (non-hydrogen) atoms. The Morgan fingerprint density at radius 1 is 1.29 bits per heavy atom. The van der Waals surface area contributed by atoms with Crippen LogP contribution in [0.15, 0.2) is 24.3 Å². The van der Waals surface area contributed by atoms with E-state index in [1.165, 1.54) is 31.6 Å². The second kappa shape index (κ2) is 3.65. The molecule has 1 aliphatic carbocycles. The molecule has 0 aromatic heterocycles. The largest absolute Gasteiger partial charge is 0.482 e. The van der Waals surface area contributed by atoms with Gasteiger partial charge in [-0.1, -0.05) is 0 Å². The van der Waals surface area contributed by atoms with Crippen LogP contribution in [0.2, 0.25) is 0 Å². The summed E-state index contributed by atoms with van der Waals surface area (Å²) in [5.41, 5.74) is 1.85. The van der Waals surface area contributed by atoms with Crippen LogP contribution in [0, 0.1) is 5.41 Å². The summed E-state index contributed by atoms with van der Waals surface area (Å²) in [4.78, 5) is 12.7. The van der Waals surface area contributed by atoms with E-state index in [1.54, 1.807) is 0 Å². The second-order valence-electron chi connectivity index (χ2n) is 5.03. The maximum atomic E-state index is 10.3. The number of benzene rings is 1. The minimum Gasteiger partial charge on any atom is -0.482 e. The Bertz CT molecular complexity index is 428. The van der Waals surface area contributed by atoms with Gasteiger partial charge in [-0.05, 0) is 37.1 Å². The van der Waals surface area contributed by atoms with Gasteiger partial charge in [0.05, 0.1) is 0 Å². The third-order valence-corrected chi connectivity index (χ3v) is 3.57. The molecular formula is C13H15NO3. The average molecular weight is 233 g/mol. The van der Waals surface area contributed by atoms with Crippen molar-refractivity contribution < 1.29 is 14.6 Å². The van der Waals surface area contributed by atoms with Crippen LogP contribution >= 0.6 is 0 Å². The molecule has 0 radical (unpaired) electrons. The van der Waals surface area contributed by atoms with Crippen LogP contribution in [-0.2, 0) is 4.79 Å². The summed E-state index contributed by atoms with van der Waals surface area (Å²) >= 11 is 0. The van der Waals surface area contributed by atoms with Gasteiger partial charge in [-0.15, -0.1) is 0 Å². The van der Waals surface area contributed by atoms with Crippen molar-refractivity contribution in [3.8, 4) is 5.75 Å². The Kier molecular flexibility index (Phi) is 2.24. The zero-order valence-corrected chi connectivity index (χ0v) is 9.56. The van der Waals surface area contributed by atoms with Crippen molar-refractivity contribution in [3.63, 3.8) is 0 Å². The summed E-state index contributed by atoms with van der Waals surface area (Å²) in [7, 11) is 0. The number of hydrogen-bond acceptors (Lipinski definition) is 3. The molecule has 1 aliphatic heterocycles. The van der Waals surface area contributed by atoms with E-state index in [2.05, 4.69) is 4.90 Å². The molecule has 0 bridgehead atoms. The number of hydrogen-bond donors (Lipinski definition) is 1. The van der Waals surface area contributed by atoms with Crippen LogP contribution in [-0.4, -0.2) is 30.8 Å². The van der Waals surface area contributed by atoms with Gasteiger partial charge in [-0.2, -0.15) is 0 Å². The Morgan fingerprint density at radius 3 is 2.47 bits per heavy atom. The van der Waals surface area contributed by atoms with Gasteiger partial charge in [0.15, 0.2) is 6.61 Å². The SMILES string of the molecule is O=C(O)COc1ccc(N2CC3(CC3)C2)cc1. The third kappa shape index (κ3) is 2.07. The van der Waals surface area contributed by atoms with Crippen molar-refractivity contribution in [2.75, 3.05) is 24.6 Å². The fourth-order valence-corrected chi connectivity index (χ4v) is 2.34. The highest BCUT2D eigenvalue weighted by Crippen LogP contribution is 2.53. The summed E-state index contributed by atoms with van der Waals surface area (Å²) in [6.45, 7) is 2.05. The molecular weight excluding hydrogens is 218 g/mol. The lowest BCUT2D eigenvalue weighted by Gasteiger charge is -2.41. The van der Waals surface area contributed by atoms with Crippen molar-refractivity contribution in [1.82, 2.24) is 0 Å². The topological polar surface area (TPSA) is 49.8 Å². The Morgan fingerprint density at radius 2 is 1.94 bits per heavy atom. The maximum absolute atomic E-state index is 10.3. The molecule has 2 fully saturated rings. The molecule has 1 spiro atoms. The molecule has 1 aromatic rings. The monoisotopic (exact) mass is 233 g/mol. The second-order valence-corrected chi connectivity index (χ2v) is 5.03. The van der Waals surface area contributed by atoms with E-state index in [0.29, 0.717) is 11.2 Å². The zero-order valence-electron chi connectivity index (χ0n) is 9.56. The molecule has 0 atom stereocenters. The predicted octanol–water partition coefficient (Wildman–Crippen LogP) is 1.75. The van der Waals surface area contributed by atoms with Crippen molar-refractivity contribution in [2.45, 2.75) is 12.8 Å². The van der Waals surface area contributed by atoms with E-state index >= 15 is 0 Å². The minimum absolute atomic E-state index is 0.286. The molecule has 0 amide bonds. The van der Waals surface area contributed by atoms with Gasteiger partial charge >= 0.3 is 5.97 Å². The molecule has 2 aliphatic rings. The maximum Gasteiger partial charge on any atom is 0.341 e. The number of anilines is 1. The molecule has 1 saturated heterocycles. The van der Waals surface area contributed by atoms with Crippen LogP contribution in [0.5, 0.6) is 5.75 Å². The Hall–Kier alpha value is -1.71. The van der Waals surface area contributed by atoms with E-state index in [-0.39, 0.29) is 6.61 Å². The standard InChI is InChI=1S/C13H15NO3/c15-12(16)7-17-11-3-1-10(2-4-11)14-8-13(9-14)5-6-13/h1-4H,5-9H2,(H,15,16). The normalized spacial score (nSPS) is 19.9. The van der Waals surface area contributed by atoms with E-state index < -0.39 is 5.97 Å². The summed E-state index contributed by atoms with van der Waals surface area (Å²) in [6, 6.07) is 7.64. The number of carboxylic acid groups (broad SMARTS) is 1.